The van der Waals surface area contributed by atoms with E-state index in [1.54, 1.807) is 0 Å². The van der Waals surface area contributed by atoms with Gasteiger partial charge in [0, 0.05) is 6.42 Å². The first-order valence-corrected chi connectivity index (χ1v) is 3.24. The van der Waals surface area contributed by atoms with Crippen LogP contribution in [0.4, 0.5) is 13.2 Å². The van der Waals surface area contributed by atoms with Crippen LogP contribution in [0.2, 0.25) is 0 Å². The minimum atomic E-state index is -0.940. The molecule has 0 aliphatic heterocycles. The van der Waals surface area contributed by atoms with Crippen molar-refractivity contribution in [2.45, 2.75) is 6.42 Å². The fraction of sp³-hybridized carbons (Fsp3) is 0.250. The summed E-state index contributed by atoms with van der Waals surface area (Å²) in [6.07, 6.45) is -0.0659. The van der Waals surface area contributed by atoms with E-state index in [0.29, 0.717) is 0 Å². The summed E-state index contributed by atoms with van der Waals surface area (Å²) in [4.78, 5) is 0. The molecule has 1 aromatic rings. The van der Waals surface area contributed by atoms with Gasteiger partial charge >= 0.3 is 0 Å². The van der Waals surface area contributed by atoms with Crippen LogP contribution in [-0.2, 0) is 6.42 Å². The first kappa shape index (κ1) is 8.11. The van der Waals surface area contributed by atoms with Gasteiger partial charge < -0.3 is 0 Å². The summed E-state index contributed by atoms with van der Waals surface area (Å²) >= 11 is 0. The number of hydrogen-bond donors (Lipinski definition) is 0. The Morgan fingerprint density at radius 3 is 2.55 bits per heavy atom. The van der Waals surface area contributed by atoms with Crippen molar-refractivity contribution < 1.29 is 13.2 Å². The lowest BCUT2D eigenvalue weighted by Gasteiger charge is -1.98. The number of benzene rings is 1. The molecule has 0 heterocycles. The third-order valence-electron chi connectivity index (χ3n) is 1.40. The van der Waals surface area contributed by atoms with Gasteiger partial charge in [-0.05, 0) is 11.6 Å². The van der Waals surface area contributed by atoms with Gasteiger partial charge in [0.2, 0.25) is 0 Å². The van der Waals surface area contributed by atoms with Crippen molar-refractivity contribution in [3.63, 3.8) is 0 Å². The lowest BCUT2D eigenvalue weighted by Crippen LogP contribution is -1.94. The largest absolute Gasteiger partial charge is 0.251 e. The average molecular weight is 160 g/mol. The Morgan fingerprint density at radius 1 is 1.18 bits per heavy atom. The molecule has 0 bridgehead atoms. The molecule has 60 valence electrons. The fourth-order valence-electron chi connectivity index (χ4n) is 0.843. The zero-order valence-electron chi connectivity index (χ0n) is 5.78. The number of halogens is 3. The second-order valence-electron chi connectivity index (χ2n) is 2.15. The normalized spacial score (nSPS) is 10.1. The highest BCUT2D eigenvalue weighted by Crippen LogP contribution is 2.11. The molecule has 1 rings (SSSR count). The summed E-state index contributed by atoms with van der Waals surface area (Å²) in [5.41, 5.74) is 0.0903. The Balaban J connectivity index is 2.96. The topological polar surface area (TPSA) is 0 Å². The molecule has 0 N–H and O–H groups in total. The zero-order valence-corrected chi connectivity index (χ0v) is 5.78. The maximum absolute atomic E-state index is 12.6. The van der Waals surface area contributed by atoms with E-state index in [9.17, 15) is 13.2 Å². The summed E-state index contributed by atoms with van der Waals surface area (Å²) in [6.45, 7) is -0.666. The molecule has 0 spiro atoms. The summed E-state index contributed by atoms with van der Waals surface area (Å²) < 4.78 is 36.8. The molecule has 11 heavy (non-hydrogen) atoms. The summed E-state index contributed by atoms with van der Waals surface area (Å²) in [7, 11) is 0. The minimum absolute atomic E-state index is 0.0659. The van der Waals surface area contributed by atoms with Crippen LogP contribution < -0.4 is 0 Å². The van der Waals surface area contributed by atoms with Gasteiger partial charge in [-0.15, -0.1) is 0 Å². The van der Waals surface area contributed by atoms with Crippen molar-refractivity contribution in [1.29, 1.82) is 0 Å². The second-order valence-corrected chi connectivity index (χ2v) is 2.15. The smallest absolute Gasteiger partial charge is 0.162 e. The summed E-state index contributed by atoms with van der Waals surface area (Å²) in [5, 5.41) is 0. The van der Waals surface area contributed by atoms with Gasteiger partial charge in [0.1, 0.15) is 0 Å². The molecule has 0 nitrogen and oxygen atoms in total. The SMILES string of the molecule is FCCc1cccc(F)c1F. The van der Waals surface area contributed by atoms with Gasteiger partial charge in [-0.2, -0.15) is 0 Å². The second kappa shape index (κ2) is 3.42. The predicted molar refractivity (Wildman–Crippen MR) is 36.0 cm³/mol. The molecule has 0 aromatic heterocycles. The highest BCUT2D eigenvalue weighted by atomic mass is 19.2. The van der Waals surface area contributed by atoms with Gasteiger partial charge in [-0.3, -0.25) is 4.39 Å². The monoisotopic (exact) mass is 160 g/mol. The van der Waals surface area contributed by atoms with Crippen LogP contribution in [0.3, 0.4) is 0 Å². The number of rotatable bonds is 2. The van der Waals surface area contributed by atoms with Crippen LogP contribution in [-0.4, -0.2) is 6.67 Å². The summed E-state index contributed by atoms with van der Waals surface area (Å²) in [6, 6.07) is 3.75. The van der Waals surface area contributed by atoms with E-state index in [-0.39, 0.29) is 12.0 Å². The highest BCUT2D eigenvalue weighted by Gasteiger charge is 2.05. The standard InChI is InChI=1S/C8H7F3/c9-5-4-6-2-1-3-7(10)8(6)11/h1-3H,4-5H2. The Bertz CT molecular complexity index is 245. The van der Waals surface area contributed by atoms with Crippen molar-refractivity contribution >= 4 is 0 Å². The highest BCUT2D eigenvalue weighted by molar-refractivity contribution is 5.18. The number of hydrogen-bond acceptors (Lipinski definition) is 0. The van der Waals surface area contributed by atoms with Crippen molar-refractivity contribution in [2.24, 2.45) is 0 Å². The molecule has 3 heteroatoms. The molecule has 0 saturated heterocycles. The molecule has 0 radical (unpaired) electrons. The Morgan fingerprint density at radius 2 is 1.91 bits per heavy atom. The van der Waals surface area contributed by atoms with Crippen molar-refractivity contribution in [3.8, 4) is 0 Å². The van der Waals surface area contributed by atoms with E-state index in [2.05, 4.69) is 0 Å². The van der Waals surface area contributed by atoms with Gasteiger partial charge in [-0.1, -0.05) is 12.1 Å². The van der Waals surface area contributed by atoms with Crippen molar-refractivity contribution in [3.05, 3.63) is 35.4 Å². The molecule has 0 unspecified atom stereocenters. The first-order chi connectivity index (χ1) is 5.25. The fourth-order valence-corrected chi connectivity index (χ4v) is 0.843. The molecule has 0 aliphatic carbocycles. The maximum atomic E-state index is 12.6. The van der Waals surface area contributed by atoms with Crippen LogP contribution in [0.25, 0.3) is 0 Å². The lowest BCUT2D eigenvalue weighted by atomic mass is 10.1. The molecule has 0 amide bonds. The summed E-state index contributed by atoms with van der Waals surface area (Å²) in [5.74, 6) is -1.86. The Hall–Kier alpha value is -0.990. The van der Waals surface area contributed by atoms with Crippen molar-refractivity contribution in [1.82, 2.24) is 0 Å². The van der Waals surface area contributed by atoms with E-state index in [1.165, 1.54) is 12.1 Å². The van der Waals surface area contributed by atoms with E-state index in [1.807, 2.05) is 0 Å². The maximum Gasteiger partial charge on any atom is 0.162 e. The first-order valence-electron chi connectivity index (χ1n) is 3.24. The Kier molecular flexibility index (Phi) is 2.52. The lowest BCUT2D eigenvalue weighted by molar-refractivity contribution is 0.466. The van der Waals surface area contributed by atoms with Crippen molar-refractivity contribution in [2.75, 3.05) is 6.67 Å². The quantitative estimate of drug-likeness (QED) is 0.623. The van der Waals surface area contributed by atoms with Gasteiger partial charge in [-0.25, -0.2) is 8.78 Å². The molecule has 0 saturated carbocycles. The average Bonchev–Trinajstić information content (AvgIpc) is 1.99. The van der Waals surface area contributed by atoms with Crippen LogP contribution in [0.1, 0.15) is 5.56 Å². The van der Waals surface area contributed by atoms with Gasteiger partial charge in [0.25, 0.3) is 0 Å². The van der Waals surface area contributed by atoms with Crippen LogP contribution in [0.15, 0.2) is 18.2 Å². The van der Waals surface area contributed by atoms with E-state index in [0.717, 1.165) is 6.07 Å². The van der Waals surface area contributed by atoms with E-state index >= 15 is 0 Å². The van der Waals surface area contributed by atoms with Crippen LogP contribution in [0.5, 0.6) is 0 Å². The van der Waals surface area contributed by atoms with Crippen LogP contribution >= 0.6 is 0 Å². The third kappa shape index (κ3) is 1.73. The molecular formula is C8H7F3. The molecule has 0 fully saturated rings. The predicted octanol–water partition coefficient (Wildman–Crippen LogP) is 2.48. The molecule has 0 aliphatic rings. The van der Waals surface area contributed by atoms with Gasteiger partial charge in [0.15, 0.2) is 11.6 Å². The van der Waals surface area contributed by atoms with Crippen LogP contribution in [0, 0.1) is 11.6 Å². The van der Waals surface area contributed by atoms with E-state index < -0.39 is 18.3 Å². The molecule has 0 atom stereocenters. The number of aryl methyl sites for hydroxylation is 1. The minimum Gasteiger partial charge on any atom is -0.251 e. The molecule has 1 aromatic carbocycles. The van der Waals surface area contributed by atoms with Gasteiger partial charge in [0.05, 0.1) is 6.67 Å². The number of alkyl halides is 1. The zero-order chi connectivity index (χ0) is 8.27. The van der Waals surface area contributed by atoms with E-state index in [4.69, 9.17) is 0 Å². The molecular weight excluding hydrogens is 153 g/mol. The Labute approximate surface area is 62.7 Å². The third-order valence-corrected chi connectivity index (χ3v) is 1.40.